The molecule has 122 valence electrons. The summed E-state index contributed by atoms with van der Waals surface area (Å²) in [6.07, 6.45) is 3.87. The van der Waals surface area contributed by atoms with Gasteiger partial charge in [0.2, 0.25) is 5.91 Å². The van der Waals surface area contributed by atoms with Crippen LogP contribution in [0.4, 0.5) is 0 Å². The first-order chi connectivity index (χ1) is 9.75. The van der Waals surface area contributed by atoms with Gasteiger partial charge >= 0.3 is 0 Å². The molecule has 1 amide bonds. The number of aliphatic hydroxyl groups is 1. The summed E-state index contributed by atoms with van der Waals surface area (Å²) in [6, 6.07) is -0.103. The number of hydrogen-bond donors (Lipinski definition) is 2. The molecule has 5 heteroatoms. The summed E-state index contributed by atoms with van der Waals surface area (Å²) in [5.74, 6) is -0.0607. The van der Waals surface area contributed by atoms with Crippen molar-refractivity contribution in [3.05, 3.63) is 0 Å². The quantitative estimate of drug-likeness (QED) is 0.820. The molecule has 0 saturated heterocycles. The van der Waals surface area contributed by atoms with E-state index >= 15 is 0 Å². The van der Waals surface area contributed by atoms with Crippen molar-refractivity contribution in [2.24, 2.45) is 11.1 Å². The van der Waals surface area contributed by atoms with Crippen LogP contribution >= 0.6 is 0 Å². The Morgan fingerprint density at radius 3 is 2.52 bits per heavy atom. The van der Waals surface area contributed by atoms with E-state index < -0.39 is 11.6 Å². The molecular formula is C16H30N2O3. The average Bonchev–Trinajstić information content (AvgIpc) is 2.45. The number of hydrogen-bond acceptors (Lipinski definition) is 4. The van der Waals surface area contributed by atoms with Crippen molar-refractivity contribution in [1.82, 2.24) is 4.90 Å². The van der Waals surface area contributed by atoms with Crippen LogP contribution in [0.15, 0.2) is 0 Å². The molecule has 2 aliphatic carbocycles. The molecule has 5 nitrogen and oxygen atoms in total. The molecule has 0 heterocycles. The number of nitrogens with zero attached hydrogens (tertiary/aromatic N) is 1. The first-order valence-electron chi connectivity index (χ1n) is 8.11. The fourth-order valence-corrected chi connectivity index (χ4v) is 3.81. The lowest BCUT2D eigenvalue weighted by atomic mass is 9.54. The van der Waals surface area contributed by atoms with Crippen molar-refractivity contribution in [1.29, 1.82) is 0 Å². The van der Waals surface area contributed by atoms with Crippen molar-refractivity contribution in [3.63, 3.8) is 0 Å². The average molecular weight is 298 g/mol. The Bertz CT molecular complexity index is 399. The summed E-state index contributed by atoms with van der Waals surface area (Å²) in [6.45, 7) is 6.59. The van der Waals surface area contributed by atoms with E-state index in [-0.39, 0.29) is 23.5 Å². The third-order valence-corrected chi connectivity index (χ3v) is 5.72. The number of likely N-dealkylation sites (N-methyl/N-ethyl adjacent to an activating group) is 1. The lowest BCUT2D eigenvalue weighted by Gasteiger charge is -2.59. The molecule has 4 unspecified atom stereocenters. The standard InChI is InChI=1S/C16H30N2O3/c1-5-21-13-10-16(17,15(13,2)3)14(20)18(4)11-8-6-7-9-12(11)19/h11-13,19H,5-10,17H2,1-4H3. The maximum absolute atomic E-state index is 12.9. The van der Waals surface area contributed by atoms with Crippen LogP contribution in [0, 0.1) is 5.41 Å². The smallest absolute Gasteiger partial charge is 0.243 e. The Morgan fingerprint density at radius 1 is 1.38 bits per heavy atom. The Hall–Kier alpha value is -0.650. The number of carbonyl (C=O) groups is 1. The molecule has 0 aliphatic heterocycles. The second-order valence-electron chi connectivity index (χ2n) is 7.18. The molecule has 2 aliphatic rings. The summed E-state index contributed by atoms with van der Waals surface area (Å²) < 4.78 is 5.68. The van der Waals surface area contributed by atoms with E-state index in [0.717, 1.165) is 25.7 Å². The van der Waals surface area contributed by atoms with Crippen LogP contribution in [-0.2, 0) is 9.53 Å². The van der Waals surface area contributed by atoms with E-state index in [9.17, 15) is 9.90 Å². The van der Waals surface area contributed by atoms with Gasteiger partial charge in [0.1, 0.15) is 5.54 Å². The minimum absolute atomic E-state index is 0.0288. The van der Waals surface area contributed by atoms with E-state index in [1.54, 1.807) is 11.9 Å². The van der Waals surface area contributed by atoms with Gasteiger partial charge in [-0.1, -0.05) is 26.7 Å². The predicted octanol–water partition coefficient (Wildman–Crippen LogP) is 1.28. The molecule has 0 radical (unpaired) electrons. The van der Waals surface area contributed by atoms with Crippen molar-refractivity contribution >= 4 is 5.91 Å². The SMILES string of the molecule is CCOC1CC(N)(C(=O)N(C)C2CCCCC2O)C1(C)C. The summed E-state index contributed by atoms with van der Waals surface area (Å²) in [5.41, 5.74) is 5.17. The van der Waals surface area contributed by atoms with Crippen LogP contribution in [0.3, 0.4) is 0 Å². The molecule has 2 rings (SSSR count). The highest BCUT2D eigenvalue weighted by atomic mass is 16.5. The lowest BCUT2D eigenvalue weighted by molar-refractivity contribution is -0.182. The molecule has 2 fully saturated rings. The topological polar surface area (TPSA) is 75.8 Å². The fraction of sp³-hybridized carbons (Fsp3) is 0.938. The van der Waals surface area contributed by atoms with E-state index in [2.05, 4.69) is 0 Å². The van der Waals surface area contributed by atoms with Crippen LogP contribution in [0.25, 0.3) is 0 Å². The number of amides is 1. The highest BCUT2D eigenvalue weighted by Gasteiger charge is 2.64. The van der Waals surface area contributed by atoms with Crippen LogP contribution < -0.4 is 5.73 Å². The number of carbonyl (C=O) groups excluding carboxylic acids is 1. The van der Waals surface area contributed by atoms with Crippen molar-refractivity contribution in [2.75, 3.05) is 13.7 Å². The normalized spacial score (nSPS) is 38.7. The molecule has 0 bridgehead atoms. The molecule has 2 saturated carbocycles. The summed E-state index contributed by atoms with van der Waals surface area (Å²) in [5, 5.41) is 10.2. The maximum Gasteiger partial charge on any atom is 0.243 e. The van der Waals surface area contributed by atoms with Gasteiger partial charge < -0.3 is 20.5 Å². The van der Waals surface area contributed by atoms with Gasteiger partial charge in [0.25, 0.3) is 0 Å². The Kier molecular flexibility index (Phi) is 4.66. The van der Waals surface area contributed by atoms with E-state index in [4.69, 9.17) is 10.5 Å². The summed E-state index contributed by atoms with van der Waals surface area (Å²) in [4.78, 5) is 14.6. The first kappa shape index (κ1) is 16.7. The van der Waals surface area contributed by atoms with E-state index in [1.807, 2.05) is 20.8 Å². The molecule has 21 heavy (non-hydrogen) atoms. The van der Waals surface area contributed by atoms with Crippen LogP contribution in [-0.4, -0.2) is 53.4 Å². The molecular weight excluding hydrogens is 268 g/mol. The monoisotopic (exact) mass is 298 g/mol. The van der Waals surface area contributed by atoms with Gasteiger partial charge in [0.05, 0.1) is 18.2 Å². The van der Waals surface area contributed by atoms with Gasteiger partial charge in [-0.15, -0.1) is 0 Å². The second-order valence-corrected chi connectivity index (χ2v) is 7.18. The van der Waals surface area contributed by atoms with Gasteiger partial charge in [0, 0.05) is 25.5 Å². The van der Waals surface area contributed by atoms with Gasteiger partial charge in [-0.2, -0.15) is 0 Å². The van der Waals surface area contributed by atoms with Gasteiger partial charge in [-0.05, 0) is 19.8 Å². The van der Waals surface area contributed by atoms with Crippen LogP contribution in [0.2, 0.25) is 0 Å². The summed E-state index contributed by atoms with van der Waals surface area (Å²) >= 11 is 0. The third-order valence-electron chi connectivity index (χ3n) is 5.72. The maximum atomic E-state index is 12.9. The summed E-state index contributed by atoms with van der Waals surface area (Å²) in [7, 11) is 1.78. The zero-order chi connectivity index (χ0) is 15.8. The lowest BCUT2D eigenvalue weighted by Crippen LogP contribution is -2.76. The van der Waals surface area contributed by atoms with E-state index in [1.165, 1.54) is 0 Å². The zero-order valence-corrected chi connectivity index (χ0v) is 13.8. The third kappa shape index (κ3) is 2.60. The minimum atomic E-state index is -0.890. The molecule has 4 atom stereocenters. The van der Waals surface area contributed by atoms with Crippen LogP contribution in [0.1, 0.15) is 52.9 Å². The van der Waals surface area contributed by atoms with Crippen molar-refractivity contribution in [2.45, 2.75) is 76.7 Å². The highest BCUT2D eigenvalue weighted by Crippen LogP contribution is 2.50. The molecule has 3 N–H and O–H groups in total. The predicted molar refractivity (Wildman–Crippen MR) is 81.8 cm³/mol. The Balaban J connectivity index is 2.09. The largest absolute Gasteiger partial charge is 0.391 e. The molecule has 0 aromatic heterocycles. The Labute approximate surface area is 127 Å². The molecule has 0 spiro atoms. The van der Waals surface area contributed by atoms with Gasteiger partial charge in [-0.3, -0.25) is 4.79 Å². The van der Waals surface area contributed by atoms with Crippen molar-refractivity contribution < 1.29 is 14.6 Å². The number of nitrogens with two attached hydrogens (primary N) is 1. The Morgan fingerprint density at radius 2 is 2.00 bits per heavy atom. The fourth-order valence-electron chi connectivity index (χ4n) is 3.81. The molecule has 0 aromatic carbocycles. The molecule has 0 aromatic rings. The number of rotatable bonds is 4. The second kappa shape index (κ2) is 5.86. The first-order valence-corrected chi connectivity index (χ1v) is 8.11. The number of aliphatic hydroxyl groups excluding tert-OH is 1. The minimum Gasteiger partial charge on any atom is -0.391 e. The van der Waals surface area contributed by atoms with Crippen molar-refractivity contribution in [3.8, 4) is 0 Å². The number of ether oxygens (including phenoxy) is 1. The van der Waals surface area contributed by atoms with Gasteiger partial charge in [-0.25, -0.2) is 0 Å². The zero-order valence-electron chi connectivity index (χ0n) is 13.8. The van der Waals surface area contributed by atoms with Gasteiger partial charge in [0.15, 0.2) is 0 Å². The van der Waals surface area contributed by atoms with Crippen LogP contribution in [0.5, 0.6) is 0 Å². The highest BCUT2D eigenvalue weighted by molar-refractivity contribution is 5.89. The van der Waals surface area contributed by atoms with E-state index in [0.29, 0.717) is 13.0 Å².